The smallest absolute Gasteiger partial charge is 0.191 e. The van der Waals surface area contributed by atoms with Gasteiger partial charge in [-0.05, 0) is 19.8 Å². The minimum Gasteiger partial charge on any atom is -0.370 e. The quantitative estimate of drug-likeness (QED) is 0.822. The number of hydrogen-bond acceptors (Lipinski definition) is 4. The third-order valence-corrected chi connectivity index (χ3v) is 3.42. The molecule has 0 bridgehead atoms. The van der Waals surface area contributed by atoms with E-state index in [1.807, 2.05) is 12.5 Å². The number of guanidine groups is 1. The zero-order chi connectivity index (χ0) is 11.1. The van der Waals surface area contributed by atoms with Gasteiger partial charge >= 0.3 is 0 Å². The van der Waals surface area contributed by atoms with Gasteiger partial charge in [0, 0.05) is 12.6 Å². The summed E-state index contributed by atoms with van der Waals surface area (Å²) in [4.78, 5) is 10.7. The van der Waals surface area contributed by atoms with Gasteiger partial charge in [0.15, 0.2) is 5.96 Å². The largest absolute Gasteiger partial charge is 0.370 e. The van der Waals surface area contributed by atoms with Crippen molar-refractivity contribution in [2.45, 2.75) is 31.8 Å². The predicted octanol–water partition coefficient (Wildman–Crippen LogP) is 0.909. The summed E-state index contributed by atoms with van der Waals surface area (Å²) < 4.78 is 2.29. The topological polar surface area (TPSA) is 59.4 Å². The van der Waals surface area contributed by atoms with Crippen molar-refractivity contribution in [2.24, 2.45) is 10.7 Å². The van der Waals surface area contributed by atoms with Crippen LogP contribution in [0.4, 0.5) is 0 Å². The Bertz CT molecular complexity index is 418. The minimum absolute atomic E-state index is 0.285. The van der Waals surface area contributed by atoms with Crippen LogP contribution in [0.15, 0.2) is 17.5 Å². The second-order valence-corrected chi connectivity index (χ2v) is 4.46. The summed E-state index contributed by atoms with van der Waals surface area (Å²) in [5.74, 6) is 0.663. The Morgan fingerprint density at radius 1 is 1.50 bits per heavy atom. The fourth-order valence-corrected chi connectivity index (χ4v) is 2.40. The van der Waals surface area contributed by atoms with E-state index < -0.39 is 0 Å². The van der Waals surface area contributed by atoms with Crippen LogP contribution >= 0.6 is 0 Å². The molecule has 1 aromatic heterocycles. The molecule has 0 radical (unpaired) electrons. The van der Waals surface area contributed by atoms with Gasteiger partial charge in [-0.1, -0.05) is 0 Å². The van der Waals surface area contributed by atoms with E-state index in [0.717, 1.165) is 13.1 Å². The van der Waals surface area contributed by atoms with Gasteiger partial charge in [0.25, 0.3) is 0 Å². The van der Waals surface area contributed by atoms with Crippen molar-refractivity contribution in [1.29, 1.82) is 0 Å². The monoisotopic (exact) mass is 219 g/mol. The molecule has 1 aliphatic heterocycles. The molecule has 1 aliphatic carbocycles. The lowest BCUT2D eigenvalue weighted by molar-refractivity contribution is 0.348. The number of hydrogen-bond donors (Lipinski definition) is 1. The molecule has 1 atom stereocenters. The minimum atomic E-state index is 0.285. The van der Waals surface area contributed by atoms with Crippen molar-refractivity contribution in [3.05, 3.63) is 18.2 Å². The average Bonchev–Trinajstić information content (AvgIpc) is 2.89. The van der Waals surface area contributed by atoms with Gasteiger partial charge in [-0.2, -0.15) is 0 Å². The molecule has 1 unspecified atom stereocenters. The summed E-state index contributed by atoms with van der Waals surface area (Å²) in [5, 5.41) is 0. The molecule has 5 nitrogen and oxygen atoms in total. The van der Waals surface area contributed by atoms with E-state index in [-0.39, 0.29) is 6.04 Å². The second kappa shape index (κ2) is 3.50. The molecule has 2 N–H and O–H groups in total. The van der Waals surface area contributed by atoms with E-state index in [0.29, 0.717) is 12.0 Å². The van der Waals surface area contributed by atoms with Crippen LogP contribution in [-0.2, 0) is 0 Å². The summed E-state index contributed by atoms with van der Waals surface area (Å²) in [6.45, 7) is 3.77. The highest BCUT2D eigenvalue weighted by Gasteiger charge is 2.32. The van der Waals surface area contributed by atoms with Crippen LogP contribution in [-0.4, -0.2) is 33.5 Å². The van der Waals surface area contributed by atoms with Gasteiger partial charge in [0.2, 0.25) is 0 Å². The fourth-order valence-electron chi connectivity index (χ4n) is 2.40. The molecular formula is C11H17N5. The van der Waals surface area contributed by atoms with Crippen molar-refractivity contribution in [3.63, 3.8) is 0 Å². The Morgan fingerprint density at radius 3 is 3.00 bits per heavy atom. The van der Waals surface area contributed by atoms with Gasteiger partial charge in [-0.15, -0.1) is 0 Å². The van der Waals surface area contributed by atoms with E-state index in [1.54, 1.807) is 0 Å². The Kier molecular flexibility index (Phi) is 2.12. The maximum Gasteiger partial charge on any atom is 0.191 e. The number of rotatable bonds is 3. The van der Waals surface area contributed by atoms with Gasteiger partial charge in [0.1, 0.15) is 0 Å². The molecule has 0 amide bonds. The molecule has 3 rings (SSSR count). The van der Waals surface area contributed by atoms with Gasteiger partial charge in [-0.3, -0.25) is 4.99 Å². The second-order valence-electron chi connectivity index (χ2n) is 4.46. The maximum atomic E-state index is 5.87. The zero-order valence-electron chi connectivity index (χ0n) is 9.50. The molecular weight excluding hydrogens is 202 g/mol. The Balaban J connectivity index is 1.89. The lowest BCUT2D eigenvalue weighted by Crippen LogP contribution is -2.36. The molecule has 5 heteroatoms. The first-order valence-corrected chi connectivity index (χ1v) is 5.89. The number of nitrogens with two attached hydrogens (primary N) is 1. The number of aromatic nitrogens is 2. The Morgan fingerprint density at radius 2 is 2.31 bits per heavy atom. The first kappa shape index (κ1) is 9.69. The van der Waals surface area contributed by atoms with Gasteiger partial charge in [-0.25, -0.2) is 4.98 Å². The summed E-state index contributed by atoms with van der Waals surface area (Å²) in [6.07, 6.45) is 6.45. The van der Waals surface area contributed by atoms with E-state index in [1.165, 1.54) is 18.5 Å². The highest BCUT2D eigenvalue weighted by atomic mass is 15.3. The summed E-state index contributed by atoms with van der Waals surface area (Å²) >= 11 is 0. The van der Waals surface area contributed by atoms with Crippen molar-refractivity contribution in [2.75, 3.05) is 13.1 Å². The lowest BCUT2D eigenvalue weighted by Gasteiger charge is -2.25. The average molecular weight is 219 g/mol. The van der Waals surface area contributed by atoms with E-state index in [4.69, 9.17) is 5.73 Å². The molecule has 0 aromatic carbocycles. The molecule has 16 heavy (non-hydrogen) atoms. The predicted molar refractivity (Wildman–Crippen MR) is 62.1 cm³/mol. The number of likely N-dealkylation sites (N-methyl/N-ethyl adjacent to an activating group) is 1. The molecule has 2 aliphatic rings. The fraction of sp³-hybridized carbons (Fsp3) is 0.636. The van der Waals surface area contributed by atoms with E-state index >= 15 is 0 Å². The molecule has 2 heterocycles. The Labute approximate surface area is 95.0 Å². The normalized spacial score (nSPS) is 24.9. The maximum absolute atomic E-state index is 5.87. The van der Waals surface area contributed by atoms with E-state index in [2.05, 4.69) is 26.4 Å². The summed E-state index contributed by atoms with van der Waals surface area (Å²) in [5.41, 5.74) is 7.13. The summed E-state index contributed by atoms with van der Waals surface area (Å²) in [6, 6.07) is 0.950. The molecule has 1 fully saturated rings. The van der Waals surface area contributed by atoms with Crippen LogP contribution in [0.25, 0.3) is 0 Å². The first-order chi connectivity index (χ1) is 7.81. The van der Waals surface area contributed by atoms with Crippen LogP contribution in [0.1, 0.15) is 37.5 Å². The van der Waals surface area contributed by atoms with Crippen LogP contribution < -0.4 is 5.73 Å². The van der Waals surface area contributed by atoms with Crippen LogP contribution in [0, 0.1) is 0 Å². The lowest BCUT2D eigenvalue weighted by atomic mass is 10.2. The zero-order valence-corrected chi connectivity index (χ0v) is 9.50. The standard InChI is InChI=1S/C11H17N5/c1-2-15-10(6-14-11(15)12)9-5-13-7-16(9)8-3-4-8/h5,7-8,10H,2-4,6H2,1H3,(H2,12,14). The SMILES string of the molecule is CCN1C(N)=NCC1c1cncn1C1CC1. The van der Waals surface area contributed by atoms with Crippen molar-refractivity contribution >= 4 is 5.96 Å². The van der Waals surface area contributed by atoms with Crippen LogP contribution in [0.3, 0.4) is 0 Å². The highest BCUT2D eigenvalue weighted by Crippen LogP contribution is 2.38. The molecule has 1 saturated carbocycles. The molecule has 0 spiro atoms. The number of nitrogens with zero attached hydrogens (tertiary/aromatic N) is 4. The van der Waals surface area contributed by atoms with Crippen LogP contribution in [0.5, 0.6) is 0 Å². The van der Waals surface area contributed by atoms with Crippen LogP contribution in [0.2, 0.25) is 0 Å². The van der Waals surface area contributed by atoms with Crippen molar-refractivity contribution < 1.29 is 0 Å². The summed E-state index contributed by atoms with van der Waals surface area (Å²) in [7, 11) is 0. The molecule has 0 saturated heterocycles. The van der Waals surface area contributed by atoms with E-state index in [9.17, 15) is 0 Å². The van der Waals surface area contributed by atoms with Crippen molar-refractivity contribution in [1.82, 2.24) is 14.5 Å². The molecule has 1 aromatic rings. The Hall–Kier alpha value is -1.52. The highest BCUT2D eigenvalue weighted by molar-refractivity contribution is 5.80. The third kappa shape index (κ3) is 1.38. The van der Waals surface area contributed by atoms with Gasteiger partial charge < -0.3 is 15.2 Å². The first-order valence-electron chi connectivity index (χ1n) is 5.89. The number of imidazole rings is 1. The number of aliphatic imine (C=N–C) groups is 1. The molecule has 86 valence electrons. The van der Waals surface area contributed by atoms with Crippen molar-refractivity contribution in [3.8, 4) is 0 Å². The van der Waals surface area contributed by atoms with Gasteiger partial charge in [0.05, 0.1) is 30.8 Å². The third-order valence-electron chi connectivity index (χ3n) is 3.42.